The summed E-state index contributed by atoms with van der Waals surface area (Å²) in [5.74, 6) is -0.287. The fourth-order valence-corrected chi connectivity index (χ4v) is 3.27. The molecule has 166 valence electrons. The Balaban J connectivity index is 4.17. The van der Waals surface area contributed by atoms with Gasteiger partial charge in [0.2, 0.25) is 0 Å². The summed E-state index contributed by atoms with van der Waals surface area (Å²) in [5.41, 5.74) is -0.464. The predicted octanol–water partition coefficient (Wildman–Crippen LogP) is 6.99. The average Bonchev–Trinajstić information content (AvgIpc) is 2.61. The zero-order chi connectivity index (χ0) is 21.3. The molecule has 4 nitrogen and oxygen atoms in total. The molecule has 0 radical (unpaired) electrons. The van der Waals surface area contributed by atoms with Gasteiger partial charge in [0.1, 0.15) is 5.60 Å². The summed E-state index contributed by atoms with van der Waals surface area (Å²) in [5, 5.41) is 0. The lowest BCUT2D eigenvalue weighted by atomic mass is 9.94. The summed E-state index contributed by atoms with van der Waals surface area (Å²) in [6.45, 7) is 10.3. The Morgan fingerprint density at radius 2 is 1.25 bits per heavy atom. The lowest BCUT2D eigenvalue weighted by Crippen LogP contribution is -2.24. The first-order valence-electron chi connectivity index (χ1n) is 11.7. The lowest BCUT2D eigenvalue weighted by Gasteiger charge is -2.19. The van der Waals surface area contributed by atoms with Crippen molar-refractivity contribution in [2.24, 2.45) is 5.92 Å². The van der Waals surface area contributed by atoms with Gasteiger partial charge in [0.25, 0.3) is 0 Å². The molecule has 0 saturated carbocycles. The quantitative estimate of drug-likeness (QED) is 0.196. The summed E-state index contributed by atoms with van der Waals surface area (Å²) in [6.07, 6.45) is 14.9. The third-order valence-corrected chi connectivity index (χ3v) is 4.84. The Hall–Kier alpha value is -1.06. The van der Waals surface area contributed by atoms with E-state index in [0.29, 0.717) is 19.4 Å². The van der Waals surface area contributed by atoms with Crippen molar-refractivity contribution in [3.63, 3.8) is 0 Å². The van der Waals surface area contributed by atoms with Gasteiger partial charge in [-0.15, -0.1) is 0 Å². The molecule has 0 aliphatic heterocycles. The number of rotatable bonds is 17. The molecule has 0 rings (SSSR count). The average molecular weight is 399 g/mol. The lowest BCUT2D eigenvalue weighted by molar-refractivity contribution is -0.157. The third kappa shape index (κ3) is 17.1. The van der Waals surface area contributed by atoms with Crippen LogP contribution < -0.4 is 0 Å². The highest BCUT2D eigenvalue weighted by Crippen LogP contribution is 2.20. The topological polar surface area (TPSA) is 52.6 Å². The van der Waals surface area contributed by atoms with E-state index in [4.69, 9.17) is 9.47 Å². The van der Waals surface area contributed by atoms with Crippen molar-refractivity contribution in [1.82, 2.24) is 0 Å². The van der Waals surface area contributed by atoms with Crippen LogP contribution in [0.3, 0.4) is 0 Å². The summed E-state index contributed by atoms with van der Waals surface area (Å²) in [6, 6.07) is 0. The van der Waals surface area contributed by atoms with Gasteiger partial charge < -0.3 is 9.47 Å². The first kappa shape index (κ1) is 26.9. The van der Waals surface area contributed by atoms with Gasteiger partial charge in [0.05, 0.1) is 12.5 Å². The maximum absolute atomic E-state index is 12.5. The molecule has 0 aromatic rings. The predicted molar refractivity (Wildman–Crippen MR) is 116 cm³/mol. The van der Waals surface area contributed by atoms with Crippen LogP contribution in [-0.4, -0.2) is 24.1 Å². The second-order valence-electron chi connectivity index (χ2n) is 8.96. The summed E-state index contributed by atoms with van der Waals surface area (Å²) in [4.78, 5) is 24.2. The molecule has 0 spiro atoms. The molecular weight excluding hydrogens is 352 g/mol. The van der Waals surface area contributed by atoms with Crippen LogP contribution in [0.5, 0.6) is 0 Å². The van der Waals surface area contributed by atoms with Crippen molar-refractivity contribution in [3.8, 4) is 0 Å². The van der Waals surface area contributed by atoms with Crippen LogP contribution in [0.1, 0.15) is 125 Å². The van der Waals surface area contributed by atoms with Gasteiger partial charge in [-0.1, -0.05) is 78.1 Å². The highest BCUT2D eigenvalue weighted by atomic mass is 16.6. The molecule has 0 N–H and O–H groups in total. The molecule has 0 aromatic heterocycles. The van der Waals surface area contributed by atoms with Crippen molar-refractivity contribution in [3.05, 3.63) is 0 Å². The second kappa shape index (κ2) is 16.9. The van der Waals surface area contributed by atoms with Gasteiger partial charge in [-0.3, -0.25) is 9.59 Å². The number of hydrogen-bond donors (Lipinski definition) is 0. The highest BCUT2D eigenvalue weighted by molar-refractivity contribution is 5.72. The van der Waals surface area contributed by atoms with Gasteiger partial charge in [0.15, 0.2) is 0 Å². The highest BCUT2D eigenvalue weighted by Gasteiger charge is 2.20. The smallest absolute Gasteiger partial charge is 0.308 e. The molecule has 0 bridgehead atoms. The summed E-state index contributed by atoms with van der Waals surface area (Å²) < 4.78 is 10.8. The van der Waals surface area contributed by atoms with Crippen LogP contribution in [0.4, 0.5) is 0 Å². The molecule has 0 aromatic carbocycles. The molecular formula is C24H46O4. The zero-order valence-corrected chi connectivity index (χ0v) is 19.3. The van der Waals surface area contributed by atoms with Gasteiger partial charge in [0, 0.05) is 6.42 Å². The molecule has 1 atom stereocenters. The van der Waals surface area contributed by atoms with E-state index >= 15 is 0 Å². The van der Waals surface area contributed by atoms with Crippen molar-refractivity contribution in [2.45, 2.75) is 130 Å². The molecule has 0 aliphatic carbocycles. The molecule has 4 heteroatoms. The standard InChI is InChI=1S/C24H46O4/c1-6-8-10-12-13-15-18-21(17-14-11-9-7-2)23(26)27-20-16-19-22(25)28-24(3,4)5/h21H,6-20H2,1-5H3. The maximum atomic E-state index is 12.5. The van der Waals surface area contributed by atoms with Crippen molar-refractivity contribution < 1.29 is 19.1 Å². The number of carbonyl (C=O) groups is 2. The van der Waals surface area contributed by atoms with Crippen LogP contribution in [0.15, 0.2) is 0 Å². The van der Waals surface area contributed by atoms with Crippen LogP contribution in [0, 0.1) is 5.92 Å². The fourth-order valence-electron chi connectivity index (χ4n) is 3.27. The van der Waals surface area contributed by atoms with Crippen LogP contribution in [-0.2, 0) is 19.1 Å². The van der Waals surface area contributed by atoms with E-state index in [-0.39, 0.29) is 17.9 Å². The van der Waals surface area contributed by atoms with Gasteiger partial charge in [-0.2, -0.15) is 0 Å². The van der Waals surface area contributed by atoms with Crippen LogP contribution in [0.25, 0.3) is 0 Å². The number of ether oxygens (including phenoxy) is 2. The van der Waals surface area contributed by atoms with Crippen molar-refractivity contribution in [1.29, 1.82) is 0 Å². The van der Waals surface area contributed by atoms with Crippen molar-refractivity contribution in [2.75, 3.05) is 6.61 Å². The number of hydrogen-bond acceptors (Lipinski definition) is 4. The van der Waals surface area contributed by atoms with Crippen LogP contribution >= 0.6 is 0 Å². The Labute approximate surface area is 174 Å². The molecule has 0 heterocycles. The first-order chi connectivity index (χ1) is 13.3. The molecule has 0 fully saturated rings. The summed E-state index contributed by atoms with van der Waals surface area (Å²) in [7, 11) is 0. The number of esters is 2. The zero-order valence-electron chi connectivity index (χ0n) is 19.3. The molecule has 0 amide bonds. The van der Waals surface area contributed by atoms with Gasteiger partial charge in [-0.05, 0) is 40.0 Å². The Bertz CT molecular complexity index is 398. The van der Waals surface area contributed by atoms with E-state index < -0.39 is 5.60 Å². The number of carbonyl (C=O) groups excluding carboxylic acids is 2. The van der Waals surface area contributed by atoms with E-state index in [2.05, 4.69) is 13.8 Å². The Morgan fingerprint density at radius 1 is 0.750 bits per heavy atom. The minimum absolute atomic E-state index is 0.0181. The molecule has 0 saturated heterocycles. The summed E-state index contributed by atoms with van der Waals surface area (Å²) >= 11 is 0. The molecule has 1 unspecified atom stereocenters. The van der Waals surface area contributed by atoms with E-state index in [1.165, 1.54) is 51.4 Å². The monoisotopic (exact) mass is 398 g/mol. The van der Waals surface area contributed by atoms with E-state index in [0.717, 1.165) is 25.7 Å². The van der Waals surface area contributed by atoms with Crippen molar-refractivity contribution >= 4 is 11.9 Å². The fraction of sp³-hybridized carbons (Fsp3) is 0.917. The van der Waals surface area contributed by atoms with Gasteiger partial charge >= 0.3 is 11.9 Å². The van der Waals surface area contributed by atoms with Gasteiger partial charge in [-0.25, -0.2) is 0 Å². The number of unbranched alkanes of at least 4 members (excludes halogenated alkanes) is 8. The van der Waals surface area contributed by atoms with E-state index in [9.17, 15) is 9.59 Å². The Kier molecular flexibility index (Phi) is 16.2. The largest absolute Gasteiger partial charge is 0.465 e. The van der Waals surface area contributed by atoms with Crippen LogP contribution in [0.2, 0.25) is 0 Å². The minimum Gasteiger partial charge on any atom is -0.465 e. The maximum Gasteiger partial charge on any atom is 0.308 e. The van der Waals surface area contributed by atoms with E-state index in [1.54, 1.807) is 0 Å². The SMILES string of the molecule is CCCCCCCCC(CCCCCC)C(=O)OCCCC(=O)OC(C)(C)C. The first-order valence-corrected chi connectivity index (χ1v) is 11.7. The molecule has 28 heavy (non-hydrogen) atoms. The molecule has 0 aliphatic rings. The third-order valence-electron chi connectivity index (χ3n) is 4.84. The van der Waals surface area contributed by atoms with E-state index in [1.807, 2.05) is 20.8 Å². The second-order valence-corrected chi connectivity index (χ2v) is 8.96. The normalized spacial score (nSPS) is 12.6. The minimum atomic E-state index is -0.464. The Morgan fingerprint density at radius 3 is 1.79 bits per heavy atom.